The summed E-state index contributed by atoms with van der Waals surface area (Å²) in [6, 6.07) is 7.11. The summed E-state index contributed by atoms with van der Waals surface area (Å²) in [7, 11) is 4.20. The van der Waals surface area contributed by atoms with Gasteiger partial charge in [-0.3, -0.25) is 0 Å². The fourth-order valence-corrected chi connectivity index (χ4v) is 3.39. The fraction of sp³-hybridized carbons (Fsp3) is 0.625. The minimum Gasteiger partial charge on any atom is -0.381 e. The van der Waals surface area contributed by atoms with Crippen molar-refractivity contribution in [2.45, 2.75) is 45.1 Å². The van der Waals surface area contributed by atoms with Crippen LogP contribution >= 0.6 is 15.9 Å². The summed E-state index contributed by atoms with van der Waals surface area (Å²) >= 11 is 3.58. The van der Waals surface area contributed by atoms with Crippen molar-refractivity contribution in [3.05, 3.63) is 22.7 Å². The van der Waals surface area contributed by atoms with Crippen molar-refractivity contribution >= 4 is 27.3 Å². The summed E-state index contributed by atoms with van der Waals surface area (Å²) in [5, 5.41) is 3.76. The zero-order valence-corrected chi connectivity index (χ0v) is 13.8. The topological polar surface area (TPSA) is 15.3 Å². The molecule has 2 unspecified atom stereocenters. The standard InChI is InChI=1S/C16H25BrN2/c1-4-12-6-5-7-14(10-12)18-15-11-13(17)8-9-16(15)19(2)3/h8-9,11-12,14,18H,4-7,10H2,1-3H3. The Hall–Kier alpha value is -0.700. The summed E-state index contributed by atoms with van der Waals surface area (Å²) in [5.74, 6) is 0.904. The monoisotopic (exact) mass is 324 g/mol. The van der Waals surface area contributed by atoms with Crippen molar-refractivity contribution in [2.24, 2.45) is 5.92 Å². The molecule has 19 heavy (non-hydrogen) atoms. The first kappa shape index (κ1) is 14.7. The minimum atomic E-state index is 0.631. The number of anilines is 2. The van der Waals surface area contributed by atoms with Crippen LogP contribution in [-0.2, 0) is 0 Å². The molecule has 1 fully saturated rings. The van der Waals surface area contributed by atoms with Crippen LogP contribution in [0.1, 0.15) is 39.0 Å². The van der Waals surface area contributed by atoms with Gasteiger partial charge in [-0.2, -0.15) is 0 Å². The molecule has 0 aliphatic heterocycles. The molecule has 106 valence electrons. The van der Waals surface area contributed by atoms with Crippen molar-refractivity contribution < 1.29 is 0 Å². The predicted molar refractivity (Wildman–Crippen MR) is 88.1 cm³/mol. The SMILES string of the molecule is CCC1CCCC(Nc2cc(Br)ccc2N(C)C)C1. The molecule has 3 heteroatoms. The zero-order chi connectivity index (χ0) is 13.8. The number of halogens is 1. The quantitative estimate of drug-likeness (QED) is 0.847. The summed E-state index contributed by atoms with van der Waals surface area (Å²) in [6.45, 7) is 2.32. The van der Waals surface area contributed by atoms with Gasteiger partial charge in [0.15, 0.2) is 0 Å². The molecule has 0 bridgehead atoms. The van der Waals surface area contributed by atoms with E-state index in [2.05, 4.69) is 65.4 Å². The lowest BCUT2D eigenvalue weighted by atomic mass is 9.84. The highest BCUT2D eigenvalue weighted by molar-refractivity contribution is 9.10. The zero-order valence-electron chi connectivity index (χ0n) is 12.2. The maximum atomic E-state index is 3.76. The van der Waals surface area contributed by atoms with Gasteiger partial charge in [0.2, 0.25) is 0 Å². The number of nitrogens with one attached hydrogen (secondary N) is 1. The first-order chi connectivity index (χ1) is 9.10. The van der Waals surface area contributed by atoms with E-state index in [0.717, 1.165) is 10.4 Å². The lowest BCUT2D eigenvalue weighted by Gasteiger charge is -2.31. The van der Waals surface area contributed by atoms with Crippen molar-refractivity contribution in [1.29, 1.82) is 0 Å². The van der Waals surface area contributed by atoms with E-state index in [1.165, 1.54) is 43.5 Å². The Kier molecular flexibility index (Phi) is 5.14. The van der Waals surface area contributed by atoms with Crippen molar-refractivity contribution in [3.63, 3.8) is 0 Å². The molecule has 0 amide bonds. The van der Waals surface area contributed by atoms with Gasteiger partial charge >= 0.3 is 0 Å². The van der Waals surface area contributed by atoms with Gasteiger partial charge in [-0.25, -0.2) is 0 Å². The molecule has 0 saturated heterocycles. The van der Waals surface area contributed by atoms with E-state index in [1.807, 2.05) is 0 Å². The molecule has 0 aromatic heterocycles. The Labute approximate surface area is 125 Å². The number of hydrogen-bond donors (Lipinski definition) is 1. The maximum Gasteiger partial charge on any atom is 0.0597 e. The van der Waals surface area contributed by atoms with E-state index >= 15 is 0 Å². The van der Waals surface area contributed by atoms with E-state index < -0.39 is 0 Å². The molecular weight excluding hydrogens is 300 g/mol. The van der Waals surface area contributed by atoms with Crippen LogP contribution in [-0.4, -0.2) is 20.1 Å². The van der Waals surface area contributed by atoms with Gasteiger partial charge in [0, 0.05) is 24.6 Å². The molecule has 1 aromatic carbocycles. The number of benzene rings is 1. The Balaban J connectivity index is 2.11. The van der Waals surface area contributed by atoms with Crippen LogP contribution < -0.4 is 10.2 Å². The lowest BCUT2D eigenvalue weighted by Crippen LogP contribution is -2.28. The van der Waals surface area contributed by atoms with Crippen LogP contribution in [0, 0.1) is 5.92 Å². The van der Waals surface area contributed by atoms with Crippen molar-refractivity contribution in [3.8, 4) is 0 Å². The van der Waals surface area contributed by atoms with Gasteiger partial charge in [0.1, 0.15) is 0 Å². The molecular formula is C16H25BrN2. The largest absolute Gasteiger partial charge is 0.381 e. The smallest absolute Gasteiger partial charge is 0.0597 e. The molecule has 0 spiro atoms. The van der Waals surface area contributed by atoms with Crippen molar-refractivity contribution in [1.82, 2.24) is 0 Å². The van der Waals surface area contributed by atoms with E-state index in [0.29, 0.717) is 6.04 Å². The molecule has 0 radical (unpaired) electrons. The Morgan fingerprint density at radius 2 is 2.11 bits per heavy atom. The molecule has 1 saturated carbocycles. The minimum absolute atomic E-state index is 0.631. The predicted octanol–water partition coefficient (Wildman–Crippen LogP) is 4.90. The van der Waals surface area contributed by atoms with Crippen LogP contribution in [0.2, 0.25) is 0 Å². The third kappa shape index (κ3) is 3.88. The van der Waals surface area contributed by atoms with Crippen LogP contribution in [0.3, 0.4) is 0 Å². The fourth-order valence-electron chi connectivity index (χ4n) is 3.03. The highest BCUT2D eigenvalue weighted by Crippen LogP contribution is 2.33. The maximum absolute atomic E-state index is 3.76. The van der Waals surface area contributed by atoms with Gasteiger partial charge < -0.3 is 10.2 Å². The van der Waals surface area contributed by atoms with Gasteiger partial charge in [-0.15, -0.1) is 0 Å². The van der Waals surface area contributed by atoms with Gasteiger partial charge in [-0.1, -0.05) is 42.1 Å². The molecule has 2 atom stereocenters. The van der Waals surface area contributed by atoms with Gasteiger partial charge in [0.05, 0.1) is 11.4 Å². The van der Waals surface area contributed by atoms with E-state index in [-0.39, 0.29) is 0 Å². The molecule has 2 rings (SSSR count). The summed E-state index contributed by atoms with van der Waals surface area (Å²) in [5.41, 5.74) is 2.52. The average molecular weight is 325 g/mol. The summed E-state index contributed by atoms with van der Waals surface area (Å²) < 4.78 is 1.14. The molecule has 1 N–H and O–H groups in total. The molecule has 1 aliphatic carbocycles. The average Bonchev–Trinajstić information content (AvgIpc) is 2.38. The number of rotatable bonds is 4. The van der Waals surface area contributed by atoms with E-state index in [9.17, 15) is 0 Å². The van der Waals surface area contributed by atoms with Crippen LogP contribution in [0.15, 0.2) is 22.7 Å². The first-order valence-electron chi connectivity index (χ1n) is 7.33. The molecule has 2 nitrogen and oxygen atoms in total. The lowest BCUT2D eigenvalue weighted by molar-refractivity contribution is 0.327. The van der Waals surface area contributed by atoms with Gasteiger partial charge in [-0.05, 0) is 37.0 Å². The highest BCUT2D eigenvalue weighted by Gasteiger charge is 2.21. The van der Waals surface area contributed by atoms with Gasteiger partial charge in [0.25, 0.3) is 0 Å². The van der Waals surface area contributed by atoms with E-state index in [4.69, 9.17) is 0 Å². The second kappa shape index (κ2) is 6.65. The third-order valence-corrected chi connectivity index (χ3v) is 4.65. The Bertz CT molecular complexity index is 417. The normalized spacial score (nSPS) is 23.2. The highest BCUT2D eigenvalue weighted by atomic mass is 79.9. The second-order valence-corrected chi connectivity index (χ2v) is 6.75. The number of hydrogen-bond acceptors (Lipinski definition) is 2. The molecule has 0 heterocycles. The third-order valence-electron chi connectivity index (χ3n) is 4.16. The van der Waals surface area contributed by atoms with Crippen molar-refractivity contribution in [2.75, 3.05) is 24.3 Å². The number of nitrogens with zero attached hydrogens (tertiary/aromatic N) is 1. The van der Waals surface area contributed by atoms with Crippen LogP contribution in [0.25, 0.3) is 0 Å². The Morgan fingerprint density at radius 1 is 1.32 bits per heavy atom. The second-order valence-electron chi connectivity index (χ2n) is 5.84. The summed E-state index contributed by atoms with van der Waals surface area (Å²) in [4.78, 5) is 2.18. The van der Waals surface area contributed by atoms with E-state index in [1.54, 1.807) is 0 Å². The summed E-state index contributed by atoms with van der Waals surface area (Å²) in [6.07, 6.45) is 6.71. The molecule has 1 aliphatic rings. The first-order valence-corrected chi connectivity index (χ1v) is 8.13. The molecule has 1 aromatic rings. The van der Waals surface area contributed by atoms with Crippen LogP contribution in [0.5, 0.6) is 0 Å². The Morgan fingerprint density at radius 3 is 2.79 bits per heavy atom. The van der Waals surface area contributed by atoms with Crippen LogP contribution in [0.4, 0.5) is 11.4 Å².